The zero-order chi connectivity index (χ0) is 27.7. The van der Waals surface area contributed by atoms with Crippen molar-refractivity contribution in [1.29, 1.82) is 0 Å². The Kier molecular flexibility index (Phi) is 7.47. The van der Waals surface area contributed by atoms with E-state index in [1.165, 1.54) is 27.8 Å². The van der Waals surface area contributed by atoms with Crippen LogP contribution in [0.25, 0.3) is 5.57 Å². The number of likely N-dealkylation sites (tertiary alicyclic amines) is 1. The van der Waals surface area contributed by atoms with Gasteiger partial charge in [-0.25, -0.2) is 0 Å². The Balaban J connectivity index is 1.17. The maximum Gasteiger partial charge on any atom is 0.253 e. The first-order valence-corrected chi connectivity index (χ1v) is 14.6. The molecule has 1 saturated carbocycles. The molecule has 1 spiro atoms. The van der Waals surface area contributed by atoms with Gasteiger partial charge in [0.05, 0.1) is 35.7 Å². The summed E-state index contributed by atoms with van der Waals surface area (Å²) in [5.41, 5.74) is 9.36. The molecule has 0 unspecified atom stereocenters. The lowest BCUT2D eigenvalue weighted by Crippen LogP contribution is -2.44. The third-order valence-electron chi connectivity index (χ3n) is 8.74. The monoisotopic (exact) mass is 536 g/mol. The molecule has 6 heteroatoms. The first-order chi connectivity index (χ1) is 19.4. The van der Waals surface area contributed by atoms with Gasteiger partial charge in [-0.1, -0.05) is 59.7 Å². The van der Waals surface area contributed by atoms with Gasteiger partial charge in [-0.3, -0.25) is 9.78 Å². The molecule has 0 radical (unpaired) electrons. The number of hydrogen-bond acceptors (Lipinski definition) is 5. The van der Waals surface area contributed by atoms with Crippen LogP contribution in [0.1, 0.15) is 71.3 Å². The number of anilines is 1. The summed E-state index contributed by atoms with van der Waals surface area (Å²) in [6, 6.07) is 19.5. The van der Waals surface area contributed by atoms with E-state index in [1.54, 1.807) is 6.20 Å². The van der Waals surface area contributed by atoms with Crippen molar-refractivity contribution in [1.82, 2.24) is 15.2 Å². The minimum atomic E-state index is -0.123. The molecule has 1 atom stereocenters. The van der Waals surface area contributed by atoms with E-state index >= 15 is 0 Å². The Labute approximate surface area is 238 Å². The van der Waals surface area contributed by atoms with Gasteiger partial charge in [0, 0.05) is 32.4 Å². The second-order valence-electron chi connectivity index (χ2n) is 11.8. The Morgan fingerprint density at radius 1 is 0.950 bits per heavy atom. The van der Waals surface area contributed by atoms with Crippen LogP contribution in [0.4, 0.5) is 5.69 Å². The van der Waals surface area contributed by atoms with E-state index in [4.69, 9.17) is 4.74 Å². The minimum Gasteiger partial charge on any atom is -0.371 e. The first kappa shape index (κ1) is 26.7. The molecule has 2 aliphatic heterocycles. The molecule has 1 N–H and O–H groups in total. The maximum atomic E-state index is 13.2. The van der Waals surface area contributed by atoms with Crippen LogP contribution in [0.2, 0.25) is 0 Å². The van der Waals surface area contributed by atoms with Gasteiger partial charge in [-0.05, 0) is 74.9 Å². The van der Waals surface area contributed by atoms with E-state index in [0.717, 1.165) is 69.7 Å². The van der Waals surface area contributed by atoms with Crippen molar-refractivity contribution in [2.75, 3.05) is 44.7 Å². The Morgan fingerprint density at radius 2 is 1.62 bits per heavy atom. The zero-order valence-corrected chi connectivity index (χ0v) is 24.0. The first-order valence-electron chi connectivity index (χ1n) is 14.6. The number of amides is 1. The molecule has 1 aliphatic carbocycles. The fourth-order valence-corrected chi connectivity index (χ4v) is 5.97. The summed E-state index contributed by atoms with van der Waals surface area (Å²) in [6.45, 7) is 8.79. The lowest BCUT2D eigenvalue weighted by atomic mass is 9.87. The van der Waals surface area contributed by atoms with Crippen LogP contribution in [0, 0.1) is 6.92 Å². The lowest BCUT2D eigenvalue weighted by molar-refractivity contribution is 0.0206. The quantitative estimate of drug-likeness (QED) is 0.433. The number of benzene rings is 2. The van der Waals surface area contributed by atoms with Crippen molar-refractivity contribution in [2.24, 2.45) is 0 Å². The van der Waals surface area contributed by atoms with Gasteiger partial charge in [0.1, 0.15) is 0 Å². The normalized spacial score (nSPS) is 19.4. The van der Waals surface area contributed by atoms with E-state index in [0.29, 0.717) is 5.56 Å². The summed E-state index contributed by atoms with van der Waals surface area (Å²) in [6.07, 6.45) is 7.93. The molecular formula is C34H40N4O2. The van der Waals surface area contributed by atoms with Gasteiger partial charge < -0.3 is 19.9 Å². The largest absolute Gasteiger partial charge is 0.371 e. The van der Waals surface area contributed by atoms with Crippen molar-refractivity contribution in [3.8, 4) is 0 Å². The van der Waals surface area contributed by atoms with Crippen molar-refractivity contribution in [3.63, 3.8) is 0 Å². The fourth-order valence-electron chi connectivity index (χ4n) is 5.97. The number of carbonyl (C=O) groups is 1. The number of ether oxygens (including phenoxy) is 1. The smallest absolute Gasteiger partial charge is 0.253 e. The van der Waals surface area contributed by atoms with Gasteiger partial charge >= 0.3 is 0 Å². The van der Waals surface area contributed by atoms with Crippen LogP contribution in [0.15, 0.2) is 72.6 Å². The standard InChI is InChI=1S/C34H40N4O2/c1-24-4-6-27(7-5-24)32(29-12-16-37(3)17-13-29)28-10-8-26(9-11-28)25(2)36-33(39)30-20-31(22-35-21-30)38-18-19-40-34(23-38)14-15-34/h4-11,20-22,25H,12-19,23H2,1-3H3,(H,36,39)/t25-/m1/s1. The highest BCUT2D eigenvalue weighted by Crippen LogP contribution is 2.43. The van der Waals surface area contributed by atoms with Crippen molar-refractivity contribution in [3.05, 3.63) is 100 Å². The number of nitrogens with one attached hydrogen (secondary N) is 1. The third-order valence-corrected chi connectivity index (χ3v) is 8.74. The van der Waals surface area contributed by atoms with Gasteiger partial charge in [0.25, 0.3) is 5.91 Å². The molecule has 3 fully saturated rings. The van der Waals surface area contributed by atoms with Crippen molar-refractivity contribution in [2.45, 2.75) is 51.2 Å². The van der Waals surface area contributed by atoms with Crippen LogP contribution < -0.4 is 10.2 Å². The number of pyridine rings is 1. The second-order valence-corrected chi connectivity index (χ2v) is 11.8. The molecule has 3 heterocycles. The summed E-state index contributed by atoms with van der Waals surface area (Å²) in [5.74, 6) is -0.103. The van der Waals surface area contributed by atoms with Gasteiger partial charge in [0.15, 0.2) is 0 Å². The highest BCUT2D eigenvalue weighted by atomic mass is 16.5. The maximum absolute atomic E-state index is 13.2. The molecule has 6 rings (SSSR count). The molecule has 1 amide bonds. The summed E-state index contributed by atoms with van der Waals surface area (Å²) in [5, 5.41) is 3.19. The van der Waals surface area contributed by atoms with E-state index in [-0.39, 0.29) is 17.6 Å². The minimum absolute atomic E-state index is 0.0276. The summed E-state index contributed by atoms with van der Waals surface area (Å²) in [7, 11) is 2.20. The molecule has 208 valence electrons. The Hall–Kier alpha value is -3.48. The predicted octanol–water partition coefficient (Wildman–Crippen LogP) is 5.78. The van der Waals surface area contributed by atoms with Crippen LogP contribution >= 0.6 is 0 Å². The van der Waals surface area contributed by atoms with Crippen LogP contribution in [0.5, 0.6) is 0 Å². The lowest BCUT2D eigenvalue weighted by Gasteiger charge is -2.34. The number of aromatic nitrogens is 1. The molecule has 40 heavy (non-hydrogen) atoms. The summed E-state index contributed by atoms with van der Waals surface area (Å²) in [4.78, 5) is 22.3. The molecular weight excluding hydrogens is 496 g/mol. The highest BCUT2D eigenvalue weighted by molar-refractivity contribution is 5.95. The number of piperidine rings is 1. The highest BCUT2D eigenvalue weighted by Gasteiger charge is 2.47. The molecule has 6 nitrogen and oxygen atoms in total. The molecule has 2 saturated heterocycles. The fraction of sp³-hybridized carbons (Fsp3) is 0.412. The summed E-state index contributed by atoms with van der Waals surface area (Å²) >= 11 is 0. The van der Waals surface area contributed by atoms with Crippen LogP contribution in [-0.4, -0.2) is 61.2 Å². The van der Waals surface area contributed by atoms with Crippen molar-refractivity contribution >= 4 is 17.2 Å². The molecule has 0 bridgehead atoms. The van der Waals surface area contributed by atoms with E-state index in [1.807, 2.05) is 19.2 Å². The van der Waals surface area contributed by atoms with Gasteiger partial charge in [0.2, 0.25) is 0 Å². The molecule has 3 aliphatic rings. The second kappa shape index (κ2) is 11.2. The average Bonchev–Trinajstić information content (AvgIpc) is 3.73. The van der Waals surface area contributed by atoms with Crippen molar-refractivity contribution < 1.29 is 9.53 Å². The van der Waals surface area contributed by atoms with E-state index < -0.39 is 0 Å². The van der Waals surface area contributed by atoms with Gasteiger partial charge in [-0.2, -0.15) is 0 Å². The molecule has 2 aromatic carbocycles. The third kappa shape index (κ3) is 5.84. The number of aryl methyl sites for hydroxylation is 1. The van der Waals surface area contributed by atoms with E-state index in [2.05, 4.69) is 82.6 Å². The van der Waals surface area contributed by atoms with Crippen LogP contribution in [0.3, 0.4) is 0 Å². The number of nitrogens with zero attached hydrogens (tertiary/aromatic N) is 3. The zero-order valence-electron chi connectivity index (χ0n) is 24.0. The molecule has 1 aromatic heterocycles. The predicted molar refractivity (Wildman–Crippen MR) is 161 cm³/mol. The Morgan fingerprint density at radius 3 is 2.30 bits per heavy atom. The van der Waals surface area contributed by atoms with Crippen LogP contribution in [-0.2, 0) is 4.74 Å². The average molecular weight is 537 g/mol. The van der Waals surface area contributed by atoms with Gasteiger partial charge in [-0.15, -0.1) is 0 Å². The number of carbonyl (C=O) groups excluding carboxylic acids is 1. The number of rotatable bonds is 6. The number of morpholine rings is 1. The van der Waals surface area contributed by atoms with E-state index in [9.17, 15) is 4.79 Å². The summed E-state index contributed by atoms with van der Waals surface area (Å²) < 4.78 is 5.95. The Bertz CT molecular complexity index is 1380. The SMILES string of the molecule is Cc1ccc(C(=C2CCN(C)CC2)c2ccc([C@@H](C)NC(=O)c3cncc(N4CCOC5(CC5)C4)c3)cc2)cc1. The molecule has 3 aromatic rings. The topological polar surface area (TPSA) is 57.7 Å². The number of hydrogen-bond donors (Lipinski definition) is 1.